The van der Waals surface area contributed by atoms with Crippen LogP contribution >= 0.6 is 49.2 Å². The second kappa shape index (κ2) is 6.80. The molecule has 0 aromatic heterocycles. The fourth-order valence-electron chi connectivity index (χ4n) is 1.55. The van der Waals surface area contributed by atoms with Crippen LogP contribution in [0.5, 0.6) is 5.75 Å². The summed E-state index contributed by atoms with van der Waals surface area (Å²) in [6, 6.07) is 9.72. The Hall–Kier alpha value is -0.380. The molecule has 3 nitrogen and oxygen atoms in total. The lowest BCUT2D eigenvalue weighted by atomic mass is 10.2. The first-order chi connectivity index (χ1) is 9.77. The van der Waals surface area contributed by atoms with Crippen molar-refractivity contribution in [2.45, 2.75) is 11.5 Å². The number of halogens is 4. The molecule has 2 aromatic carbocycles. The van der Waals surface area contributed by atoms with E-state index in [1.54, 1.807) is 0 Å². The Labute approximate surface area is 148 Å². The van der Waals surface area contributed by atoms with Crippen LogP contribution in [0.4, 0.5) is 4.39 Å². The highest BCUT2D eigenvalue weighted by atomic mass is 127. The molecule has 0 spiro atoms. The van der Waals surface area contributed by atoms with E-state index in [9.17, 15) is 12.8 Å². The molecule has 0 unspecified atom stereocenters. The minimum absolute atomic E-state index is 0.204. The van der Waals surface area contributed by atoms with Gasteiger partial charge in [0.15, 0.2) is 0 Å². The lowest BCUT2D eigenvalue weighted by molar-refractivity contribution is 0.302. The number of rotatable bonds is 4. The molecule has 21 heavy (non-hydrogen) atoms. The summed E-state index contributed by atoms with van der Waals surface area (Å²) in [5.74, 6) is -0.749. The van der Waals surface area contributed by atoms with E-state index in [1.165, 1.54) is 0 Å². The van der Waals surface area contributed by atoms with Crippen LogP contribution in [0.25, 0.3) is 0 Å². The molecule has 0 bridgehead atoms. The molecular weight excluding hydrogens is 497 g/mol. The van der Waals surface area contributed by atoms with Gasteiger partial charge in [-0.15, -0.1) is 0 Å². The molecule has 0 aliphatic heterocycles. The van der Waals surface area contributed by atoms with E-state index in [4.69, 9.17) is 15.4 Å². The van der Waals surface area contributed by atoms with Crippen LogP contribution in [0.15, 0.2) is 45.8 Å². The summed E-state index contributed by atoms with van der Waals surface area (Å²) in [6.07, 6.45) is 0. The van der Waals surface area contributed by atoms with Crippen LogP contribution in [0.3, 0.4) is 0 Å². The largest absolute Gasteiger partial charge is 0.488 e. The maximum atomic E-state index is 13.7. The maximum absolute atomic E-state index is 13.7. The van der Waals surface area contributed by atoms with Gasteiger partial charge in [-0.05, 0) is 62.3 Å². The minimum atomic E-state index is -4.13. The van der Waals surface area contributed by atoms with Crippen molar-refractivity contribution in [3.63, 3.8) is 0 Å². The van der Waals surface area contributed by atoms with Gasteiger partial charge in [0, 0.05) is 20.3 Å². The summed E-state index contributed by atoms with van der Waals surface area (Å²) in [5, 5.41) is 0. The van der Waals surface area contributed by atoms with E-state index in [1.807, 2.05) is 24.3 Å². The van der Waals surface area contributed by atoms with Crippen LogP contribution in [0.1, 0.15) is 5.56 Å². The Morgan fingerprint density at radius 3 is 2.43 bits per heavy atom. The second-order valence-corrected chi connectivity index (χ2v) is 8.70. The monoisotopic (exact) mass is 504 g/mol. The third kappa shape index (κ3) is 4.54. The van der Waals surface area contributed by atoms with Crippen molar-refractivity contribution in [2.24, 2.45) is 0 Å². The van der Waals surface area contributed by atoms with Crippen LogP contribution in [0.2, 0.25) is 0 Å². The Morgan fingerprint density at radius 1 is 1.24 bits per heavy atom. The predicted octanol–water partition coefficient (Wildman–Crippen LogP) is 4.70. The zero-order valence-corrected chi connectivity index (χ0v) is 15.6. The normalized spacial score (nSPS) is 11.4. The first-order valence-electron chi connectivity index (χ1n) is 5.58. The molecule has 2 aromatic rings. The fourth-order valence-corrected chi connectivity index (χ4v) is 3.42. The van der Waals surface area contributed by atoms with Gasteiger partial charge >= 0.3 is 0 Å². The van der Waals surface area contributed by atoms with Crippen LogP contribution in [0, 0.1) is 9.39 Å². The molecule has 0 heterocycles. The molecule has 8 heteroatoms. The molecule has 0 radical (unpaired) electrons. The van der Waals surface area contributed by atoms with Gasteiger partial charge in [-0.2, -0.15) is 0 Å². The van der Waals surface area contributed by atoms with Crippen molar-refractivity contribution in [2.75, 3.05) is 0 Å². The van der Waals surface area contributed by atoms with E-state index in [2.05, 4.69) is 38.5 Å². The summed E-state index contributed by atoms with van der Waals surface area (Å²) in [7, 11) is 1.01. The lowest BCUT2D eigenvalue weighted by Gasteiger charge is -2.10. The molecule has 0 atom stereocenters. The van der Waals surface area contributed by atoms with Crippen LogP contribution < -0.4 is 4.74 Å². The summed E-state index contributed by atoms with van der Waals surface area (Å²) in [4.78, 5) is -0.586. The van der Waals surface area contributed by atoms with Crippen molar-refractivity contribution in [3.05, 3.63) is 55.8 Å². The molecule has 0 N–H and O–H groups in total. The number of ether oxygens (including phenoxy) is 1. The highest BCUT2D eigenvalue weighted by molar-refractivity contribution is 14.1. The molecule has 0 saturated carbocycles. The van der Waals surface area contributed by atoms with E-state index < -0.39 is 19.8 Å². The first-order valence-corrected chi connectivity index (χ1v) is 9.76. The lowest BCUT2D eigenvalue weighted by Crippen LogP contribution is -2.00. The quantitative estimate of drug-likeness (QED) is 0.447. The number of hydrogen-bond acceptors (Lipinski definition) is 3. The standard InChI is InChI=1S/C13H8BrClFIO3S/c14-10-5-13(21(15,18)19)11(16)6-12(10)20-7-8-1-3-9(17)4-2-8/h1-6H,7H2. The average molecular weight is 506 g/mol. The molecule has 0 amide bonds. The Balaban J connectivity index is 2.21. The molecule has 0 aliphatic rings. The maximum Gasteiger partial charge on any atom is 0.264 e. The summed E-state index contributed by atoms with van der Waals surface area (Å²) < 4.78 is 43.0. The molecule has 0 saturated heterocycles. The molecule has 112 valence electrons. The van der Waals surface area contributed by atoms with E-state index in [0.29, 0.717) is 4.47 Å². The summed E-state index contributed by atoms with van der Waals surface area (Å²) in [6.45, 7) is 0.238. The Bertz CT molecular complexity index is 766. The van der Waals surface area contributed by atoms with Gasteiger partial charge in [0.05, 0.1) is 4.47 Å². The van der Waals surface area contributed by atoms with E-state index in [0.717, 1.165) is 21.3 Å². The predicted molar refractivity (Wildman–Crippen MR) is 90.6 cm³/mol. The zero-order valence-electron chi connectivity index (χ0n) is 10.3. The Morgan fingerprint density at radius 2 is 1.86 bits per heavy atom. The highest BCUT2D eigenvalue weighted by Crippen LogP contribution is 2.32. The SMILES string of the molecule is O=S(=O)(Cl)c1cc(Br)c(OCc2ccc(I)cc2)cc1F. The third-order valence-electron chi connectivity index (χ3n) is 2.56. The van der Waals surface area contributed by atoms with Gasteiger partial charge in [-0.1, -0.05) is 12.1 Å². The molecular formula is C13H8BrClFIO3S. The third-order valence-corrected chi connectivity index (χ3v) is 5.23. The van der Waals surface area contributed by atoms with Gasteiger partial charge in [-0.25, -0.2) is 12.8 Å². The van der Waals surface area contributed by atoms with Crippen LogP contribution in [-0.4, -0.2) is 8.42 Å². The molecule has 2 rings (SSSR count). The van der Waals surface area contributed by atoms with Crippen molar-refractivity contribution in [1.82, 2.24) is 0 Å². The fraction of sp³-hybridized carbons (Fsp3) is 0.0769. The smallest absolute Gasteiger partial charge is 0.264 e. The van der Waals surface area contributed by atoms with Gasteiger partial charge < -0.3 is 4.74 Å². The van der Waals surface area contributed by atoms with E-state index in [-0.39, 0.29) is 12.4 Å². The summed E-state index contributed by atoms with van der Waals surface area (Å²) in [5.41, 5.74) is 0.914. The Kier molecular flexibility index (Phi) is 5.50. The van der Waals surface area contributed by atoms with Gasteiger partial charge in [0.25, 0.3) is 9.05 Å². The molecule has 0 aliphatic carbocycles. The van der Waals surface area contributed by atoms with Crippen molar-refractivity contribution < 1.29 is 17.5 Å². The zero-order chi connectivity index (χ0) is 15.6. The summed E-state index contributed by atoms with van der Waals surface area (Å²) >= 11 is 5.33. The van der Waals surface area contributed by atoms with Gasteiger partial charge in [0.2, 0.25) is 0 Å². The van der Waals surface area contributed by atoms with Crippen molar-refractivity contribution >= 4 is 58.3 Å². The van der Waals surface area contributed by atoms with Crippen molar-refractivity contribution in [1.29, 1.82) is 0 Å². The minimum Gasteiger partial charge on any atom is -0.488 e. The number of hydrogen-bond donors (Lipinski definition) is 0. The van der Waals surface area contributed by atoms with Gasteiger partial charge in [-0.3, -0.25) is 0 Å². The second-order valence-electron chi connectivity index (χ2n) is 4.07. The average Bonchev–Trinajstić information content (AvgIpc) is 2.40. The van der Waals surface area contributed by atoms with Crippen LogP contribution in [-0.2, 0) is 15.7 Å². The first kappa shape index (κ1) is 17.0. The van der Waals surface area contributed by atoms with Crippen molar-refractivity contribution in [3.8, 4) is 5.75 Å². The van der Waals surface area contributed by atoms with Gasteiger partial charge in [0.1, 0.15) is 23.1 Å². The number of benzene rings is 2. The highest BCUT2D eigenvalue weighted by Gasteiger charge is 2.19. The molecule has 0 fully saturated rings. The van der Waals surface area contributed by atoms with E-state index >= 15 is 0 Å². The topological polar surface area (TPSA) is 43.4 Å².